The Hall–Kier alpha value is -0.710. The number of fused-ring (bicyclic) bond motifs is 1. The van der Waals surface area contributed by atoms with Crippen molar-refractivity contribution in [1.29, 1.82) is 0 Å². The van der Waals surface area contributed by atoms with E-state index >= 15 is 0 Å². The summed E-state index contributed by atoms with van der Waals surface area (Å²) in [5.41, 5.74) is -0.706. The average Bonchev–Trinajstić information content (AvgIpc) is 2.68. The summed E-state index contributed by atoms with van der Waals surface area (Å²) in [5, 5.41) is 21.2. The lowest BCUT2D eigenvalue weighted by Crippen LogP contribution is -2.70. The zero-order chi connectivity index (χ0) is 18.7. The number of rotatable bonds is 7. The van der Waals surface area contributed by atoms with Gasteiger partial charge in [-0.3, -0.25) is 4.79 Å². The molecule has 0 spiro atoms. The van der Waals surface area contributed by atoms with Gasteiger partial charge in [0.15, 0.2) is 5.78 Å². The standard InChI is InChI=1S/C22H36O4/c1-3-4-10-17-20-16(11-12-18(23)15-8-6-5-7-9-15)19(24)13-14-22(20,26-2)21(17)25/h11-12,15-20,23-24H,3-10,13-14H2,1-2H3. The van der Waals surface area contributed by atoms with Crippen LogP contribution in [0.4, 0.5) is 0 Å². The molecule has 0 aliphatic heterocycles. The molecule has 26 heavy (non-hydrogen) atoms. The van der Waals surface area contributed by atoms with Gasteiger partial charge in [-0.15, -0.1) is 0 Å². The first-order valence-corrected chi connectivity index (χ1v) is 10.7. The van der Waals surface area contributed by atoms with Gasteiger partial charge in [-0.25, -0.2) is 0 Å². The minimum absolute atomic E-state index is 0.00803. The molecule has 0 saturated heterocycles. The number of ketones is 1. The Bertz CT molecular complexity index is 510. The van der Waals surface area contributed by atoms with E-state index in [2.05, 4.69) is 6.92 Å². The van der Waals surface area contributed by atoms with Gasteiger partial charge in [-0.2, -0.15) is 0 Å². The normalized spacial score (nSPS) is 39.6. The fourth-order valence-corrected chi connectivity index (χ4v) is 5.73. The molecule has 3 fully saturated rings. The van der Waals surface area contributed by atoms with E-state index in [0.29, 0.717) is 18.8 Å². The van der Waals surface area contributed by atoms with Crippen molar-refractivity contribution >= 4 is 5.78 Å². The van der Waals surface area contributed by atoms with Crippen LogP contribution in [0, 0.1) is 23.7 Å². The van der Waals surface area contributed by atoms with Crippen LogP contribution >= 0.6 is 0 Å². The number of ether oxygens (including phenoxy) is 1. The molecule has 3 aliphatic carbocycles. The molecule has 4 nitrogen and oxygen atoms in total. The zero-order valence-electron chi connectivity index (χ0n) is 16.4. The van der Waals surface area contributed by atoms with Gasteiger partial charge in [-0.05, 0) is 38.0 Å². The quantitative estimate of drug-likeness (QED) is 0.677. The molecule has 3 rings (SSSR count). The Labute approximate surface area is 158 Å². The van der Waals surface area contributed by atoms with E-state index in [1.807, 2.05) is 12.2 Å². The van der Waals surface area contributed by atoms with Crippen LogP contribution in [0.5, 0.6) is 0 Å². The van der Waals surface area contributed by atoms with Crippen LogP contribution in [0.3, 0.4) is 0 Å². The number of unbranched alkanes of at least 4 members (excludes halogenated alkanes) is 1. The van der Waals surface area contributed by atoms with Gasteiger partial charge in [-0.1, -0.05) is 51.2 Å². The van der Waals surface area contributed by atoms with Crippen LogP contribution in [0.15, 0.2) is 12.2 Å². The number of Topliss-reactive ketones (excluding diaryl/α,β-unsaturated/α-hetero) is 1. The Morgan fingerprint density at radius 2 is 2.00 bits per heavy atom. The molecular weight excluding hydrogens is 328 g/mol. The van der Waals surface area contributed by atoms with Gasteiger partial charge < -0.3 is 14.9 Å². The maximum Gasteiger partial charge on any atom is 0.168 e. The van der Waals surface area contributed by atoms with E-state index < -0.39 is 17.8 Å². The van der Waals surface area contributed by atoms with Crippen molar-refractivity contribution in [3.63, 3.8) is 0 Å². The van der Waals surface area contributed by atoms with E-state index in [4.69, 9.17) is 4.74 Å². The van der Waals surface area contributed by atoms with Crippen molar-refractivity contribution in [3.05, 3.63) is 12.2 Å². The number of hydrogen-bond donors (Lipinski definition) is 2. The van der Waals surface area contributed by atoms with E-state index in [9.17, 15) is 15.0 Å². The predicted molar refractivity (Wildman–Crippen MR) is 102 cm³/mol. The highest BCUT2D eigenvalue weighted by Gasteiger charge is 2.66. The second kappa shape index (κ2) is 8.53. The summed E-state index contributed by atoms with van der Waals surface area (Å²) in [6, 6.07) is 0. The van der Waals surface area contributed by atoms with Crippen molar-refractivity contribution < 1.29 is 19.7 Å². The third-order valence-electron chi connectivity index (χ3n) is 7.29. The minimum atomic E-state index is -0.706. The molecule has 6 atom stereocenters. The Balaban J connectivity index is 1.74. The first kappa shape index (κ1) is 20.0. The topological polar surface area (TPSA) is 66.8 Å². The molecular formula is C22H36O4. The lowest BCUT2D eigenvalue weighted by atomic mass is 9.49. The molecule has 0 bridgehead atoms. The first-order chi connectivity index (χ1) is 12.5. The highest BCUT2D eigenvalue weighted by Crippen LogP contribution is 2.56. The van der Waals surface area contributed by atoms with Gasteiger partial charge in [0.2, 0.25) is 0 Å². The fourth-order valence-electron chi connectivity index (χ4n) is 5.73. The maximum absolute atomic E-state index is 12.8. The predicted octanol–water partition coefficient (Wildman–Crippen LogP) is 3.65. The van der Waals surface area contributed by atoms with Crippen LogP contribution < -0.4 is 0 Å². The number of hydrogen-bond acceptors (Lipinski definition) is 4. The second-order valence-electron chi connectivity index (χ2n) is 8.69. The lowest BCUT2D eigenvalue weighted by Gasteiger charge is -2.58. The van der Waals surface area contributed by atoms with Gasteiger partial charge in [0.05, 0.1) is 12.2 Å². The van der Waals surface area contributed by atoms with Crippen LogP contribution in [0.1, 0.15) is 71.1 Å². The minimum Gasteiger partial charge on any atom is -0.393 e. The summed E-state index contributed by atoms with van der Waals surface area (Å²) >= 11 is 0. The number of carbonyl (C=O) groups excluding carboxylic acids is 1. The molecule has 4 heteroatoms. The van der Waals surface area contributed by atoms with Crippen molar-refractivity contribution in [1.82, 2.24) is 0 Å². The van der Waals surface area contributed by atoms with Gasteiger partial charge in [0.1, 0.15) is 5.60 Å². The molecule has 0 aromatic rings. The number of methoxy groups -OCH3 is 1. The molecule has 0 radical (unpaired) electrons. The van der Waals surface area contributed by atoms with E-state index in [0.717, 1.165) is 32.1 Å². The van der Waals surface area contributed by atoms with Crippen molar-refractivity contribution in [2.45, 2.75) is 88.9 Å². The monoisotopic (exact) mass is 364 g/mol. The van der Waals surface area contributed by atoms with Crippen molar-refractivity contribution in [3.8, 4) is 0 Å². The molecule has 6 unspecified atom stereocenters. The van der Waals surface area contributed by atoms with E-state index in [-0.39, 0.29) is 23.5 Å². The molecule has 148 valence electrons. The summed E-state index contributed by atoms with van der Waals surface area (Å²) in [7, 11) is 1.64. The molecule has 2 N–H and O–H groups in total. The van der Waals surface area contributed by atoms with Crippen molar-refractivity contribution in [2.24, 2.45) is 23.7 Å². The summed E-state index contributed by atoms with van der Waals surface area (Å²) in [6.45, 7) is 2.14. The lowest BCUT2D eigenvalue weighted by molar-refractivity contribution is -0.209. The first-order valence-electron chi connectivity index (χ1n) is 10.7. The molecule has 0 amide bonds. The van der Waals surface area contributed by atoms with Crippen LogP contribution in [-0.2, 0) is 9.53 Å². The van der Waals surface area contributed by atoms with Crippen LogP contribution in [0.25, 0.3) is 0 Å². The third kappa shape index (κ3) is 3.53. The molecule has 0 heterocycles. The molecule has 3 saturated carbocycles. The van der Waals surface area contributed by atoms with E-state index in [1.54, 1.807) is 7.11 Å². The highest BCUT2D eigenvalue weighted by atomic mass is 16.5. The van der Waals surface area contributed by atoms with Crippen LogP contribution in [0.2, 0.25) is 0 Å². The second-order valence-corrected chi connectivity index (χ2v) is 8.69. The number of carbonyl (C=O) groups is 1. The Kier molecular flexibility index (Phi) is 6.58. The molecule has 3 aliphatic rings. The largest absolute Gasteiger partial charge is 0.393 e. The number of aliphatic hydroxyl groups is 2. The summed E-state index contributed by atoms with van der Waals surface area (Å²) < 4.78 is 5.74. The smallest absolute Gasteiger partial charge is 0.168 e. The van der Waals surface area contributed by atoms with Gasteiger partial charge >= 0.3 is 0 Å². The maximum atomic E-state index is 12.8. The highest BCUT2D eigenvalue weighted by molar-refractivity contribution is 5.97. The Morgan fingerprint density at radius 3 is 2.65 bits per heavy atom. The average molecular weight is 365 g/mol. The molecule has 0 aromatic carbocycles. The number of aliphatic hydroxyl groups excluding tert-OH is 2. The zero-order valence-corrected chi connectivity index (χ0v) is 16.4. The Morgan fingerprint density at radius 1 is 1.27 bits per heavy atom. The van der Waals surface area contributed by atoms with Crippen molar-refractivity contribution in [2.75, 3.05) is 7.11 Å². The van der Waals surface area contributed by atoms with Gasteiger partial charge in [0, 0.05) is 24.9 Å². The third-order valence-corrected chi connectivity index (χ3v) is 7.29. The van der Waals surface area contributed by atoms with Gasteiger partial charge in [0.25, 0.3) is 0 Å². The summed E-state index contributed by atoms with van der Waals surface area (Å²) in [4.78, 5) is 12.8. The fraction of sp³-hybridized carbons (Fsp3) is 0.864. The summed E-state index contributed by atoms with van der Waals surface area (Å²) in [5.74, 6) is 0.515. The van der Waals surface area contributed by atoms with Crippen LogP contribution in [-0.4, -0.2) is 40.9 Å². The molecule has 0 aromatic heterocycles. The SMILES string of the molecule is CCCCC1C(=O)C2(OC)CCC(O)C(C=CC(O)C3CCCCC3)C12. The summed E-state index contributed by atoms with van der Waals surface area (Å²) in [6.07, 6.45) is 13.0. The van der Waals surface area contributed by atoms with E-state index in [1.165, 1.54) is 19.3 Å².